The van der Waals surface area contributed by atoms with Gasteiger partial charge in [-0.25, -0.2) is 9.50 Å². The Balaban J connectivity index is 2.23. The Labute approximate surface area is 123 Å². The molecule has 3 rings (SSSR count). The average molecular weight is 286 g/mol. The molecule has 20 heavy (non-hydrogen) atoms. The largest absolute Gasteiger partial charge is 0.232 e. The molecule has 0 N–H and O–H groups in total. The minimum atomic E-state index is 0.397. The van der Waals surface area contributed by atoms with Gasteiger partial charge in [-0.3, -0.25) is 0 Å². The number of fused-ring (bicyclic) bond motifs is 1. The third-order valence-electron chi connectivity index (χ3n) is 3.34. The quantitative estimate of drug-likeness (QED) is 0.695. The fourth-order valence-corrected chi connectivity index (χ4v) is 2.43. The number of benzene rings is 1. The zero-order chi connectivity index (χ0) is 14.3. The van der Waals surface area contributed by atoms with Crippen LogP contribution in [0.1, 0.15) is 31.0 Å². The van der Waals surface area contributed by atoms with Gasteiger partial charge >= 0.3 is 0 Å². The minimum absolute atomic E-state index is 0.397. The number of nitrogens with zero attached hydrogens (tertiary/aromatic N) is 3. The normalized spacial score (nSPS) is 11.4. The minimum Gasteiger partial charge on any atom is -0.232 e. The number of rotatable bonds is 2. The predicted octanol–water partition coefficient (Wildman–Crippen LogP) is 4.48. The molecule has 0 saturated heterocycles. The van der Waals surface area contributed by atoms with Crippen molar-refractivity contribution in [3.8, 4) is 11.3 Å². The van der Waals surface area contributed by atoms with Crippen molar-refractivity contribution >= 4 is 17.2 Å². The van der Waals surface area contributed by atoms with E-state index in [9.17, 15) is 0 Å². The molecule has 102 valence electrons. The van der Waals surface area contributed by atoms with E-state index in [1.807, 2.05) is 41.9 Å². The molecule has 3 aromatic rings. The maximum atomic E-state index is 5.94. The molecule has 0 unspecified atom stereocenters. The summed E-state index contributed by atoms with van der Waals surface area (Å²) in [4.78, 5) is 4.56. The van der Waals surface area contributed by atoms with Crippen molar-refractivity contribution < 1.29 is 0 Å². The summed E-state index contributed by atoms with van der Waals surface area (Å²) in [5.74, 6) is 0.397. The number of hydrogen-bond donors (Lipinski definition) is 0. The molecule has 0 aliphatic carbocycles. The lowest BCUT2D eigenvalue weighted by atomic mass is 10.0. The summed E-state index contributed by atoms with van der Waals surface area (Å²) in [5, 5.41) is 5.38. The van der Waals surface area contributed by atoms with Crippen molar-refractivity contribution in [1.29, 1.82) is 0 Å². The van der Waals surface area contributed by atoms with E-state index in [2.05, 4.69) is 30.0 Å². The molecule has 0 aliphatic heterocycles. The van der Waals surface area contributed by atoms with Crippen LogP contribution in [-0.2, 0) is 0 Å². The Kier molecular flexibility index (Phi) is 3.22. The van der Waals surface area contributed by atoms with Gasteiger partial charge in [-0.2, -0.15) is 5.10 Å². The van der Waals surface area contributed by atoms with Crippen LogP contribution in [0.2, 0.25) is 5.02 Å². The Hall–Kier alpha value is -1.87. The Bertz CT molecular complexity index is 757. The molecule has 4 heteroatoms. The topological polar surface area (TPSA) is 30.2 Å². The van der Waals surface area contributed by atoms with Crippen molar-refractivity contribution in [2.24, 2.45) is 0 Å². The molecule has 0 bridgehead atoms. The summed E-state index contributed by atoms with van der Waals surface area (Å²) in [6.07, 6.45) is 1.96. The van der Waals surface area contributed by atoms with Crippen LogP contribution in [0.4, 0.5) is 0 Å². The highest BCUT2D eigenvalue weighted by Gasteiger charge is 2.12. The monoisotopic (exact) mass is 285 g/mol. The van der Waals surface area contributed by atoms with Crippen LogP contribution in [0.25, 0.3) is 16.9 Å². The van der Waals surface area contributed by atoms with E-state index in [0.717, 1.165) is 27.6 Å². The van der Waals surface area contributed by atoms with Gasteiger partial charge in [0.2, 0.25) is 0 Å². The van der Waals surface area contributed by atoms with E-state index in [1.54, 1.807) is 0 Å². The van der Waals surface area contributed by atoms with E-state index in [4.69, 9.17) is 11.6 Å². The molecule has 2 aromatic heterocycles. The van der Waals surface area contributed by atoms with Gasteiger partial charge < -0.3 is 0 Å². The summed E-state index contributed by atoms with van der Waals surface area (Å²) in [6, 6.07) is 9.87. The molecule has 0 atom stereocenters. The maximum absolute atomic E-state index is 5.94. The molecule has 0 fully saturated rings. The first-order valence-electron chi connectivity index (χ1n) is 6.67. The van der Waals surface area contributed by atoms with Crippen molar-refractivity contribution in [3.05, 3.63) is 52.8 Å². The fraction of sp³-hybridized carbons (Fsp3) is 0.250. The van der Waals surface area contributed by atoms with Crippen LogP contribution in [0, 0.1) is 6.92 Å². The van der Waals surface area contributed by atoms with Gasteiger partial charge in [0.1, 0.15) is 0 Å². The average Bonchev–Trinajstić information content (AvgIpc) is 2.78. The second kappa shape index (κ2) is 4.91. The first-order chi connectivity index (χ1) is 9.54. The van der Waals surface area contributed by atoms with Gasteiger partial charge in [-0.05, 0) is 31.0 Å². The standard InChI is InChI=1S/C16H16ClN3/c1-10(2)14-8-15(12-4-6-13(17)7-5-12)19-20-9-11(3)18-16(14)20/h4-10H,1-3H3. The molecule has 2 heterocycles. The van der Waals surface area contributed by atoms with Crippen LogP contribution >= 0.6 is 11.6 Å². The lowest BCUT2D eigenvalue weighted by Crippen LogP contribution is -2.00. The number of halogens is 1. The van der Waals surface area contributed by atoms with E-state index < -0.39 is 0 Å². The van der Waals surface area contributed by atoms with E-state index in [1.165, 1.54) is 5.56 Å². The molecule has 1 aromatic carbocycles. The smallest absolute Gasteiger partial charge is 0.157 e. The van der Waals surface area contributed by atoms with Gasteiger partial charge in [0.25, 0.3) is 0 Å². The third kappa shape index (κ3) is 2.29. The zero-order valence-corrected chi connectivity index (χ0v) is 12.5. The molecule has 0 radical (unpaired) electrons. The van der Waals surface area contributed by atoms with Crippen LogP contribution in [0.5, 0.6) is 0 Å². The lowest BCUT2D eigenvalue weighted by Gasteiger charge is -2.10. The predicted molar refractivity (Wildman–Crippen MR) is 82.3 cm³/mol. The Morgan fingerprint density at radius 3 is 2.50 bits per heavy atom. The van der Waals surface area contributed by atoms with Crippen LogP contribution in [-0.4, -0.2) is 14.6 Å². The highest BCUT2D eigenvalue weighted by Crippen LogP contribution is 2.26. The molecular weight excluding hydrogens is 270 g/mol. The van der Waals surface area contributed by atoms with Crippen molar-refractivity contribution in [2.45, 2.75) is 26.7 Å². The van der Waals surface area contributed by atoms with E-state index in [-0.39, 0.29) is 0 Å². The molecule has 0 amide bonds. The SMILES string of the molecule is Cc1cn2nc(-c3ccc(Cl)cc3)cc(C(C)C)c2n1. The third-order valence-corrected chi connectivity index (χ3v) is 3.59. The molecule has 3 nitrogen and oxygen atoms in total. The second-order valence-electron chi connectivity index (χ2n) is 5.30. The molecule has 0 aliphatic rings. The fourth-order valence-electron chi connectivity index (χ4n) is 2.30. The summed E-state index contributed by atoms with van der Waals surface area (Å²) < 4.78 is 1.87. The zero-order valence-electron chi connectivity index (χ0n) is 11.8. The summed E-state index contributed by atoms with van der Waals surface area (Å²) >= 11 is 5.94. The number of hydrogen-bond acceptors (Lipinski definition) is 2. The number of aromatic nitrogens is 3. The second-order valence-corrected chi connectivity index (χ2v) is 5.73. The number of imidazole rings is 1. The summed E-state index contributed by atoms with van der Waals surface area (Å²) in [6.45, 7) is 6.33. The van der Waals surface area contributed by atoms with E-state index in [0.29, 0.717) is 5.92 Å². The van der Waals surface area contributed by atoms with Crippen LogP contribution < -0.4 is 0 Å². The van der Waals surface area contributed by atoms with Gasteiger partial charge in [0.15, 0.2) is 5.65 Å². The first-order valence-corrected chi connectivity index (χ1v) is 7.05. The van der Waals surface area contributed by atoms with Crippen LogP contribution in [0.3, 0.4) is 0 Å². The Morgan fingerprint density at radius 1 is 1.15 bits per heavy atom. The van der Waals surface area contributed by atoms with Gasteiger partial charge in [-0.15, -0.1) is 0 Å². The molecule has 0 saturated carbocycles. The van der Waals surface area contributed by atoms with Crippen molar-refractivity contribution in [1.82, 2.24) is 14.6 Å². The number of aryl methyl sites for hydroxylation is 1. The van der Waals surface area contributed by atoms with Gasteiger partial charge in [0, 0.05) is 16.1 Å². The molecule has 0 spiro atoms. The highest BCUT2D eigenvalue weighted by molar-refractivity contribution is 6.30. The lowest BCUT2D eigenvalue weighted by molar-refractivity contribution is 0.838. The Morgan fingerprint density at radius 2 is 1.85 bits per heavy atom. The summed E-state index contributed by atoms with van der Waals surface area (Å²) in [7, 11) is 0. The van der Waals surface area contributed by atoms with Gasteiger partial charge in [-0.1, -0.05) is 37.6 Å². The van der Waals surface area contributed by atoms with E-state index >= 15 is 0 Å². The highest BCUT2D eigenvalue weighted by atomic mass is 35.5. The van der Waals surface area contributed by atoms with Crippen molar-refractivity contribution in [2.75, 3.05) is 0 Å². The summed E-state index contributed by atoms with van der Waals surface area (Å²) in [5.41, 5.74) is 5.13. The van der Waals surface area contributed by atoms with Gasteiger partial charge in [0.05, 0.1) is 17.6 Å². The molecular formula is C16H16ClN3. The maximum Gasteiger partial charge on any atom is 0.157 e. The van der Waals surface area contributed by atoms with Crippen LogP contribution in [0.15, 0.2) is 36.5 Å². The van der Waals surface area contributed by atoms with Crippen molar-refractivity contribution in [3.63, 3.8) is 0 Å². The first kappa shape index (κ1) is 13.1.